The summed E-state index contributed by atoms with van der Waals surface area (Å²) in [5, 5.41) is 33.8. The van der Waals surface area contributed by atoms with Crippen molar-refractivity contribution < 1.29 is 25.0 Å². The van der Waals surface area contributed by atoms with E-state index >= 15 is 0 Å². The molecule has 0 radical (unpaired) electrons. The Balaban J connectivity index is 2.13. The van der Waals surface area contributed by atoms with E-state index in [2.05, 4.69) is 5.16 Å². The zero-order valence-electron chi connectivity index (χ0n) is 13.9. The first-order valence-corrected chi connectivity index (χ1v) is 8.48. The Morgan fingerprint density at radius 2 is 1.91 bits per heavy atom. The number of aliphatic hydroxyl groups excluding tert-OH is 3. The molecular weight excluding hydrogens is 298 g/mol. The van der Waals surface area contributed by atoms with Gasteiger partial charge in [0, 0.05) is 12.8 Å². The molecule has 0 bridgehead atoms. The Hall–Kier alpha value is -1.40. The van der Waals surface area contributed by atoms with Gasteiger partial charge >= 0.3 is 0 Å². The third-order valence-corrected chi connectivity index (χ3v) is 4.89. The Kier molecular flexibility index (Phi) is 6.18. The van der Waals surface area contributed by atoms with E-state index in [1.54, 1.807) is 0 Å². The summed E-state index contributed by atoms with van der Waals surface area (Å²) in [7, 11) is 0. The van der Waals surface area contributed by atoms with Gasteiger partial charge in [0.1, 0.15) is 12.4 Å². The van der Waals surface area contributed by atoms with Crippen LogP contribution in [0, 0.1) is 11.8 Å². The Morgan fingerprint density at radius 3 is 2.48 bits per heavy atom. The smallest absolute Gasteiger partial charge is 0.168 e. The van der Waals surface area contributed by atoms with Gasteiger partial charge in [-0.3, -0.25) is 4.79 Å². The van der Waals surface area contributed by atoms with E-state index < -0.39 is 12.2 Å². The van der Waals surface area contributed by atoms with Crippen LogP contribution in [0.1, 0.15) is 52.4 Å². The van der Waals surface area contributed by atoms with Gasteiger partial charge in [0.25, 0.3) is 0 Å². The van der Waals surface area contributed by atoms with E-state index in [4.69, 9.17) is 4.84 Å². The van der Waals surface area contributed by atoms with Gasteiger partial charge in [0.05, 0.1) is 23.5 Å². The van der Waals surface area contributed by atoms with Crippen LogP contribution in [0.15, 0.2) is 16.5 Å². The summed E-state index contributed by atoms with van der Waals surface area (Å²) in [6.07, 6.45) is 1.67. The van der Waals surface area contributed by atoms with Gasteiger partial charge in [-0.2, -0.15) is 0 Å². The van der Waals surface area contributed by atoms with Crippen LogP contribution in [0.25, 0.3) is 0 Å². The second kappa shape index (κ2) is 7.93. The maximum Gasteiger partial charge on any atom is 0.168 e. The highest BCUT2D eigenvalue weighted by molar-refractivity contribution is 6.22. The molecule has 2 aliphatic rings. The third-order valence-electron chi connectivity index (χ3n) is 4.89. The lowest BCUT2D eigenvalue weighted by Gasteiger charge is -2.36. The van der Waals surface area contributed by atoms with Gasteiger partial charge in [0.15, 0.2) is 5.78 Å². The molecular formula is C17H27NO5. The number of rotatable bonds is 5. The maximum absolute atomic E-state index is 12.5. The first-order chi connectivity index (χ1) is 11.0. The van der Waals surface area contributed by atoms with E-state index in [-0.39, 0.29) is 23.4 Å². The van der Waals surface area contributed by atoms with Crippen molar-refractivity contribution in [2.24, 2.45) is 17.0 Å². The molecule has 130 valence electrons. The van der Waals surface area contributed by atoms with Crippen LogP contribution in [-0.4, -0.2) is 45.6 Å². The molecule has 0 amide bonds. The molecule has 6 heteroatoms. The second-order valence-electron chi connectivity index (χ2n) is 6.43. The molecule has 0 heterocycles. The molecule has 0 aromatic carbocycles. The van der Waals surface area contributed by atoms with Crippen LogP contribution in [-0.2, 0) is 9.63 Å². The number of hydrogen-bond acceptors (Lipinski definition) is 6. The number of Topliss-reactive ketones (excluding diaryl/α,β-unsaturated/α-hetero) is 1. The number of hydrogen-bond donors (Lipinski definition) is 3. The molecule has 1 fully saturated rings. The van der Waals surface area contributed by atoms with Crippen molar-refractivity contribution in [2.75, 3.05) is 6.61 Å². The molecule has 23 heavy (non-hydrogen) atoms. The van der Waals surface area contributed by atoms with E-state index in [0.717, 1.165) is 6.42 Å². The first-order valence-electron chi connectivity index (χ1n) is 8.48. The largest absolute Gasteiger partial charge is 0.511 e. The lowest BCUT2D eigenvalue weighted by molar-refractivity contribution is -0.118. The first kappa shape index (κ1) is 17.9. The van der Waals surface area contributed by atoms with E-state index in [1.807, 2.05) is 13.8 Å². The molecule has 0 saturated heterocycles. The number of carbonyl (C=O) groups excluding carboxylic acids is 1. The lowest BCUT2D eigenvalue weighted by Crippen LogP contribution is -2.38. The lowest BCUT2D eigenvalue weighted by atomic mass is 9.71. The highest BCUT2D eigenvalue weighted by atomic mass is 16.6. The summed E-state index contributed by atoms with van der Waals surface area (Å²) < 4.78 is 0. The number of nitrogens with zero attached hydrogens (tertiary/aromatic N) is 1. The van der Waals surface area contributed by atoms with Crippen molar-refractivity contribution in [2.45, 2.75) is 64.6 Å². The second-order valence-corrected chi connectivity index (χ2v) is 6.43. The monoisotopic (exact) mass is 325 g/mol. The molecule has 0 spiro atoms. The van der Waals surface area contributed by atoms with Crippen molar-refractivity contribution in [1.29, 1.82) is 0 Å². The summed E-state index contributed by atoms with van der Waals surface area (Å²) in [5.74, 6) is 0.125. The fourth-order valence-electron chi connectivity index (χ4n) is 3.60. The summed E-state index contributed by atoms with van der Waals surface area (Å²) >= 11 is 0. The number of aliphatic hydroxyl groups is 3. The molecule has 4 unspecified atom stereocenters. The van der Waals surface area contributed by atoms with Crippen LogP contribution >= 0.6 is 0 Å². The van der Waals surface area contributed by atoms with Crippen LogP contribution in [0.5, 0.6) is 0 Å². The van der Waals surface area contributed by atoms with Crippen molar-refractivity contribution in [3.63, 3.8) is 0 Å². The molecule has 3 N–H and O–H groups in total. The molecule has 2 aliphatic carbocycles. The van der Waals surface area contributed by atoms with Gasteiger partial charge in [-0.15, -0.1) is 0 Å². The van der Waals surface area contributed by atoms with Crippen LogP contribution in [0.3, 0.4) is 0 Å². The quantitative estimate of drug-likeness (QED) is 0.531. The predicted octanol–water partition coefficient (Wildman–Crippen LogP) is 2.10. The fourth-order valence-corrected chi connectivity index (χ4v) is 3.60. The van der Waals surface area contributed by atoms with Crippen molar-refractivity contribution in [3.05, 3.63) is 11.3 Å². The van der Waals surface area contributed by atoms with Gasteiger partial charge in [0.2, 0.25) is 0 Å². The molecule has 6 nitrogen and oxygen atoms in total. The summed E-state index contributed by atoms with van der Waals surface area (Å²) in [4.78, 5) is 17.5. The highest BCUT2D eigenvalue weighted by Gasteiger charge is 2.38. The fraction of sp³-hybridized carbons (Fsp3) is 0.765. The summed E-state index contributed by atoms with van der Waals surface area (Å²) in [6, 6.07) is 0. The minimum Gasteiger partial charge on any atom is -0.511 e. The SMILES string of the molecule is CCON=C(CC)C1=C(O)CC(C2CCC(O)C(O)C2)CC1=O. The Morgan fingerprint density at radius 1 is 1.17 bits per heavy atom. The molecule has 4 atom stereocenters. The van der Waals surface area contributed by atoms with Crippen LogP contribution in [0.4, 0.5) is 0 Å². The molecule has 1 saturated carbocycles. The van der Waals surface area contributed by atoms with Crippen molar-refractivity contribution in [1.82, 2.24) is 0 Å². The van der Waals surface area contributed by atoms with E-state index in [1.165, 1.54) is 0 Å². The van der Waals surface area contributed by atoms with Crippen LogP contribution in [0.2, 0.25) is 0 Å². The number of oxime groups is 1. The maximum atomic E-state index is 12.5. The average molecular weight is 325 g/mol. The topological polar surface area (TPSA) is 99.3 Å². The van der Waals surface area contributed by atoms with Gasteiger partial charge in [-0.05, 0) is 44.4 Å². The Labute approximate surface area is 136 Å². The standard InChI is InChI=1S/C17H27NO5/c1-3-12(18-23-4-2)17-15(21)8-11(9-16(17)22)10-5-6-13(19)14(20)7-10/h10-11,13-14,19-21H,3-9H2,1-2H3. The molecule has 0 aliphatic heterocycles. The number of carbonyl (C=O) groups is 1. The minimum absolute atomic E-state index is 0.0126. The average Bonchev–Trinajstić information content (AvgIpc) is 2.52. The van der Waals surface area contributed by atoms with Gasteiger partial charge < -0.3 is 20.2 Å². The zero-order valence-corrected chi connectivity index (χ0v) is 13.9. The number of ketones is 1. The normalized spacial score (nSPS) is 33.0. The van der Waals surface area contributed by atoms with E-state index in [0.29, 0.717) is 50.0 Å². The van der Waals surface area contributed by atoms with Crippen molar-refractivity contribution >= 4 is 11.5 Å². The summed E-state index contributed by atoms with van der Waals surface area (Å²) in [6.45, 7) is 4.10. The molecule has 0 aromatic heterocycles. The zero-order chi connectivity index (χ0) is 17.0. The molecule has 2 rings (SSSR count). The third kappa shape index (κ3) is 4.12. The van der Waals surface area contributed by atoms with E-state index in [9.17, 15) is 20.1 Å². The summed E-state index contributed by atoms with van der Waals surface area (Å²) in [5.41, 5.74) is 0.792. The van der Waals surface area contributed by atoms with Crippen LogP contribution < -0.4 is 0 Å². The van der Waals surface area contributed by atoms with Crippen molar-refractivity contribution in [3.8, 4) is 0 Å². The predicted molar refractivity (Wildman–Crippen MR) is 86.1 cm³/mol. The number of allylic oxidation sites excluding steroid dienone is 2. The highest BCUT2D eigenvalue weighted by Crippen LogP contribution is 2.39. The molecule has 0 aromatic rings. The van der Waals surface area contributed by atoms with Gasteiger partial charge in [-0.25, -0.2) is 0 Å². The van der Waals surface area contributed by atoms with Gasteiger partial charge in [-0.1, -0.05) is 12.1 Å². The Bertz CT molecular complexity index is 499. The minimum atomic E-state index is -0.734.